The number of rotatable bonds is 0. The first-order chi connectivity index (χ1) is 5.84. The molecule has 1 aliphatic rings. The summed E-state index contributed by atoms with van der Waals surface area (Å²) >= 11 is 0. The molecule has 0 fully saturated rings. The van der Waals surface area contributed by atoms with Crippen molar-refractivity contribution in [1.82, 2.24) is 0 Å². The Morgan fingerprint density at radius 1 is 1.33 bits per heavy atom. The number of nitriles is 1. The van der Waals surface area contributed by atoms with E-state index in [1.54, 1.807) is 0 Å². The topological polar surface area (TPSA) is 23.8 Å². The Kier molecular flexibility index (Phi) is 3.87. The van der Waals surface area contributed by atoms with E-state index in [-0.39, 0.29) is 5.92 Å². The van der Waals surface area contributed by atoms with Crippen molar-refractivity contribution in [1.29, 1.82) is 5.26 Å². The summed E-state index contributed by atoms with van der Waals surface area (Å²) in [6, 6.07) is 2.36. The molecule has 66 valence electrons. The van der Waals surface area contributed by atoms with Crippen LogP contribution in [0.25, 0.3) is 0 Å². The summed E-state index contributed by atoms with van der Waals surface area (Å²) in [4.78, 5) is 0. The van der Waals surface area contributed by atoms with Crippen molar-refractivity contribution in [2.45, 2.75) is 39.0 Å². The Morgan fingerprint density at radius 2 is 2.17 bits per heavy atom. The SMILES string of the molecule is CC1CCCCCC=CC1C#N. The summed E-state index contributed by atoms with van der Waals surface area (Å²) < 4.78 is 0. The lowest BCUT2D eigenvalue weighted by Crippen LogP contribution is -2.06. The third-order valence-corrected chi connectivity index (χ3v) is 2.64. The standard InChI is InChI=1S/C11H17N/c1-10-7-5-3-2-4-6-8-11(10)9-12/h6,8,10-11H,2-5,7H2,1H3. The van der Waals surface area contributed by atoms with E-state index >= 15 is 0 Å². The molecule has 1 rings (SSSR count). The van der Waals surface area contributed by atoms with Gasteiger partial charge in [-0.25, -0.2) is 0 Å². The quantitative estimate of drug-likeness (QED) is 0.503. The van der Waals surface area contributed by atoms with Crippen LogP contribution in [-0.4, -0.2) is 0 Å². The summed E-state index contributed by atoms with van der Waals surface area (Å²) in [7, 11) is 0. The first kappa shape index (κ1) is 9.32. The lowest BCUT2D eigenvalue weighted by Gasteiger charge is -2.12. The van der Waals surface area contributed by atoms with Crippen molar-refractivity contribution in [3.05, 3.63) is 12.2 Å². The van der Waals surface area contributed by atoms with Crippen LogP contribution in [0.1, 0.15) is 39.0 Å². The number of nitrogens with zero attached hydrogens (tertiary/aromatic N) is 1. The van der Waals surface area contributed by atoms with Crippen molar-refractivity contribution in [3.63, 3.8) is 0 Å². The minimum atomic E-state index is 0.156. The fourth-order valence-corrected chi connectivity index (χ4v) is 1.69. The molecule has 0 aromatic heterocycles. The number of allylic oxidation sites excluding steroid dienone is 2. The van der Waals surface area contributed by atoms with Gasteiger partial charge in [-0.15, -0.1) is 0 Å². The van der Waals surface area contributed by atoms with Gasteiger partial charge in [0.1, 0.15) is 0 Å². The molecule has 1 nitrogen and oxygen atoms in total. The molecular formula is C11H17N. The molecule has 0 aromatic rings. The van der Waals surface area contributed by atoms with Gasteiger partial charge in [-0.2, -0.15) is 5.26 Å². The summed E-state index contributed by atoms with van der Waals surface area (Å²) in [6.07, 6.45) is 10.5. The fourth-order valence-electron chi connectivity index (χ4n) is 1.69. The van der Waals surface area contributed by atoms with E-state index in [4.69, 9.17) is 5.26 Å². The fraction of sp³-hybridized carbons (Fsp3) is 0.727. The normalized spacial score (nSPS) is 31.3. The van der Waals surface area contributed by atoms with Crippen LogP contribution in [0.4, 0.5) is 0 Å². The van der Waals surface area contributed by atoms with Gasteiger partial charge in [0.25, 0.3) is 0 Å². The number of hydrogen-bond donors (Lipinski definition) is 0. The lowest BCUT2D eigenvalue weighted by molar-refractivity contribution is 0.447. The molecule has 2 unspecified atom stereocenters. The highest BCUT2D eigenvalue weighted by Gasteiger charge is 2.13. The van der Waals surface area contributed by atoms with Crippen LogP contribution in [-0.2, 0) is 0 Å². The first-order valence-electron chi connectivity index (χ1n) is 4.91. The lowest BCUT2D eigenvalue weighted by atomic mass is 9.91. The third kappa shape index (κ3) is 2.70. The van der Waals surface area contributed by atoms with Crippen LogP contribution < -0.4 is 0 Å². The van der Waals surface area contributed by atoms with Gasteiger partial charge in [0.2, 0.25) is 0 Å². The van der Waals surface area contributed by atoms with E-state index in [1.165, 1.54) is 25.7 Å². The Bertz CT molecular complexity index is 188. The highest BCUT2D eigenvalue weighted by atomic mass is 14.3. The number of hydrogen-bond acceptors (Lipinski definition) is 1. The molecule has 0 amide bonds. The van der Waals surface area contributed by atoms with Crippen LogP contribution in [0.5, 0.6) is 0 Å². The minimum Gasteiger partial charge on any atom is -0.198 e. The average molecular weight is 163 g/mol. The second kappa shape index (κ2) is 4.98. The van der Waals surface area contributed by atoms with Gasteiger partial charge in [-0.3, -0.25) is 0 Å². The first-order valence-corrected chi connectivity index (χ1v) is 4.91. The Hall–Kier alpha value is -0.770. The molecule has 0 aliphatic heterocycles. The van der Waals surface area contributed by atoms with E-state index in [0.29, 0.717) is 5.92 Å². The van der Waals surface area contributed by atoms with Crippen molar-refractivity contribution in [3.8, 4) is 6.07 Å². The Balaban J connectivity index is 2.55. The zero-order valence-corrected chi connectivity index (χ0v) is 7.79. The monoisotopic (exact) mass is 163 g/mol. The van der Waals surface area contributed by atoms with Gasteiger partial charge >= 0.3 is 0 Å². The van der Waals surface area contributed by atoms with Gasteiger partial charge in [0.15, 0.2) is 0 Å². The molecule has 0 bridgehead atoms. The third-order valence-electron chi connectivity index (χ3n) is 2.64. The van der Waals surface area contributed by atoms with Crippen LogP contribution in [0.2, 0.25) is 0 Å². The van der Waals surface area contributed by atoms with Crippen molar-refractivity contribution < 1.29 is 0 Å². The zero-order valence-electron chi connectivity index (χ0n) is 7.79. The maximum atomic E-state index is 8.87. The van der Waals surface area contributed by atoms with Gasteiger partial charge in [-0.05, 0) is 25.2 Å². The molecular weight excluding hydrogens is 146 g/mol. The van der Waals surface area contributed by atoms with Gasteiger partial charge in [0, 0.05) is 0 Å². The maximum absolute atomic E-state index is 8.87. The molecule has 0 saturated carbocycles. The second-order valence-corrected chi connectivity index (χ2v) is 3.70. The van der Waals surface area contributed by atoms with E-state index in [0.717, 1.165) is 6.42 Å². The van der Waals surface area contributed by atoms with E-state index < -0.39 is 0 Å². The largest absolute Gasteiger partial charge is 0.198 e. The van der Waals surface area contributed by atoms with E-state index in [9.17, 15) is 0 Å². The van der Waals surface area contributed by atoms with Crippen LogP contribution in [0.3, 0.4) is 0 Å². The van der Waals surface area contributed by atoms with E-state index in [2.05, 4.69) is 25.1 Å². The van der Waals surface area contributed by atoms with Crippen molar-refractivity contribution >= 4 is 0 Å². The summed E-state index contributed by atoms with van der Waals surface area (Å²) in [5, 5.41) is 8.87. The molecule has 0 aromatic carbocycles. The predicted molar refractivity (Wildman–Crippen MR) is 50.5 cm³/mol. The van der Waals surface area contributed by atoms with Crippen molar-refractivity contribution in [2.75, 3.05) is 0 Å². The molecule has 1 aliphatic carbocycles. The molecule has 0 saturated heterocycles. The van der Waals surface area contributed by atoms with Gasteiger partial charge < -0.3 is 0 Å². The average Bonchev–Trinajstić information content (AvgIpc) is 2.17. The second-order valence-electron chi connectivity index (χ2n) is 3.70. The highest BCUT2D eigenvalue weighted by molar-refractivity contribution is 5.02. The van der Waals surface area contributed by atoms with E-state index in [1.807, 2.05) is 0 Å². The molecule has 0 N–H and O–H groups in total. The molecule has 1 heteroatoms. The summed E-state index contributed by atoms with van der Waals surface area (Å²) in [6.45, 7) is 2.18. The molecule has 0 radical (unpaired) electrons. The minimum absolute atomic E-state index is 0.156. The van der Waals surface area contributed by atoms with Gasteiger partial charge in [0.05, 0.1) is 12.0 Å². The summed E-state index contributed by atoms with van der Waals surface area (Å²) in [5.41, 5.74) is 0. The van der Waals surface area contributed by atoms with Crippen molar-refractivity contribution in [2.24, 2.45) is 11.8 Å². The van der Waals surface area contributed by atoms with Crippen LogP contribution >= 0.6 is 0 Å². The van der Waals surface area contributed by atoms with Crippen LogP contribution in [0.15, 0.2) is 12.2 Å². The molecule has 0 heterocycles. The Labute approximate surface area is 75.1 Å². The van der Waals surface area contributed by atoms with Crippen LogP contribution in [0, 0.1) is 23.2 Å². The van der Waals surface area contributed by atoms with Gasteiger partial charge in [-0.1, -0.05) is 31.9 Å². The Morgan fingerprint density at radius 3 is 2.92 bits per heavy atom. The summed E-state index contributed by atoms with van der Waals surface area (Å²) in [5.74, 6) is 0.701. The highest BCUT2D eigenvalue weighted by Crippen LogP contribution is 2.22. The molecule has 2 atom stereocenters. The molecule has 12 heavy (non-hydrogen) atoms. The molecule has 0 spiro atoms. The smallest absolute Gasteiger partial charge is 0.0700 e. The maximum Gasteiger partial charge on any atom is 0.0700 e. The predicted octanol–water partition coefficient (Wildman–Crippen LogP) is 3.28. The zero-order chi connectivity index (χ0) is 8.81.